The van der Waals surface area contributed by atoms with Crippen LogP contribution in [0.3, 0.4) is 0 Å². The summed E-state index contributed by atoms with van der Waals surface area (Å²) >= 11 is 0. The molecule has 120 valence electrons. The van der Waals surface area contributed by atoms with Crippen LogP contribution in [0.15, 0.2) is 0 Å². The standard InChI is InChI=1S/C6H14O12P2/c7-1-2(8)6(12,20(16,17)18)4(10)3(9)5(1,11)19(13,14)15/h1-4,7-12H,(H2,13,14,15)(H2,16,17,18)/t1-,2-,3-,4+,5-,6-/m1/s1. The normalized spacial score (nSPS) is 47.3. The van der Waals surface area contributed by atoms with Gasteiger partial charge >= 0.3 is 15.2 Å². The van der Waals surface area contributed by atoms with Crippen molar-refractivity contribution in [1.82, 2.24) is 0 Å². The lowest BCUT2D eigenvalue weighted by Crippen LogP contribution is -2.75. The lowest BCUT2D eigenvalue weighted by atomic mass is 9.83. The van der Waals surface area contributed by atoms with Crippen molar-refractivity contribution in [2.24, 2.45) is 0 Å². The van der Waals surface area contributed by atoms with Crippen LogP contribution in [0.5, 0.6) is 0 Å². The minimum Gasteiger partial charge on any atom is -0.386 e. The second-order valence-electron chi connectivity index (χ2n) is 4.43. The van der Waals surface area contributed by atoms with Crippen LogP contribution in [-0.4, -0.2) is 85.3 Å². The van der Waals surface area contributed by atoms with Gasteiger partial charge in [0.25, 0.3) is 0 Å². The molecule has 0 unspecified atom stereocenters. The zero-order valence-corrected chi connectivity index (χ0v) is 11.3. The van der Waals surface area contributed by atoms with Crippen LogP contribution < -0.4 is 0 Å². The van der Waals surface area contributed by atoms with E-state index in [0.29, 0.717) is 0 Å². The molecule has 0 aromatic heterocycles. The zero-order chi connectivity index (χ0) is 16.3. The van der Waals surface area contributed by atoms with Gasteiger partial charge in [0.05, 0.1) is 0 Å². The van der Waals surface area contributed by atoms with Crippen molar-refractivity contribution >= 4 is 15.2 Å². The Morgan fingerprint density at radius 3 is 0.850 bits per heavy atom. The largest absolute Gasteiger partial charge is 0.386 e. The molecular weight excluding hydrogens is 326 g/mol. The zero-order valence-electron chi connectivity index (χ0n) is 9.49. The summed E-state index contributed by atoms with van der Waals surface area (Å²) in [5.41, 5.74) is 0. The molecule has 14 heteroatoms. The SMILES string of the molecule is O=P(O)(O)[C@]1(O)[C@H](O)[C@@H](O)[C@@](O)(P(=O)(O)O)[C@@H](O)[C@H]1O. The predicted molar refractivity (Wildman–Crippen MR) is 58.0 cm³/mol. The van der Waals surface area contributed by atoms with E-state index in [4.69, 9.17) is 19.6 Å². The van der Waals surface area contributed by atoms with Gasteiger partial charge < -0.3 is 50.2 Å². The molecule has 1 saturated carbocycles. The number of rotatable bonds is 2. The Hall–Kier alpha value is 0.0600. The minimum absolute atomic E-state index is 3.06. The second kappa shape index (κ2) is 4.78. The fraction of sp³-hybridized carbons (Fsp3) is 1.00. The average Bonchev–Trinajstić information content (AvgIpc) is 2.28. The lowest BCUT2D eigenvalue weighted by Gasteiger charge is -2.52. The number of aliphatic hydroxyl groups is 6. The first kappa shape index (κ1) is 18.1. The van der Waals surface area contributed by atoms with Crippen LogP contribution >= 0.6 is 15.2 Å². The van der Waals surface area contributed by atoms with Crippen LogP contribution in [0.4, 0.5) is 0 Å². The van der Waals surface area contributed by atoms with Crippen molar-refractivity contribution < 1.29 is 59.3 Å². The third kappa shape index (κ3) is 2.10. The van der Waals surface area contributed by atoms with Crippen LogP contribution in [0.25, 0.3) is 0 Å². The fourth-order valence-corrected chi connectivity index (χ4v) is 3.91. The van der Waals surface area contributed by atoms with Crippen molar-refractivity contribution in [3.63, 3.8) is 0 Å². The van der Waals surface area contributed by atoms with E-state index in [-0.39, 0.29) is 0 Å². The molecule has 10 N–H and O–H groups in total. The summed E-state index contributed by atoms with van der Waals surface area (Å²) < 4.78 is 22.2. The summed E-state index contributed by atoms with van der Waals surface area (Å²) in [6, 6.07) is 0. The maximum atomic E-state index is 11.1. The molecule has 0 spiro atoms. The molecule has 0 radical (unpaired) electrons. The van der Waals surface area contributed by atoms with Gasteiger partial charge in [-0.2, -0.15) is 0 Å². The van der Waals surface area contributed by atoms with E-state index >= 15 is 0 Å². The molecule has 20 heavy (non-hydrogen) atoms. The fourth-order valence-electron chi connectivity index (χ4n) is 1.97. The van der Waals surface area contributed by atoms with Crippen molar-refractivity contribution in [1.29, 1.82) is 0 Å². The molecule has 0 aliphatic heterocycles. The summed E-state index contributed by atoms with van der Waals surface area (Å²) in [7, 11) is -11.6. The Balaban J connectivity index is 3.52. The van der Waals surface area contributed by atoms with Crippen molar-refractivity contribution in [2.45, 2.75) is 35.1 Å². The smallest absolute Gasteiger partial charge is 0.362 e. The molecular formula is C6H14O12P2. The summed E-state index contributed by atoms with van der Waals surface area (Å²) in [4.78, 5) is 35.6. The van der Waals surface area contributed by atoms with E-state index in [9.17, 15) is 39.8 Å². The van der Waals surface area contributed by atoms with Gasteiger partial charge in [0.2, 0.25) is 10.7 Å². The van der Waals surface area contributed by atoms with Gasteiger partial charge in [0.1, 0.15) is 24.4 Å². The monoisotopic (exact) mass is 340 g/mol. The number of hydrogen-bond donors (Lipinski definition) is 10. The topological polar surface area (TPSA) is 236 Å². The second-order valence-corrected chi connectivity index (χ2v) is 8.04. The highest BCUT2D eigenvalue weighted by molar-refractivity contribution is 7.54. The highest BCUT2D eigenvalue weighted by Crippen LogP contribution is 2.63. The third-order valence-corrected chi connectivity index (χ3v) is 6.20. The van der Waals surface area contributed by atoms with E-state index < -0.39 is 50.3 Å². The molecule has 0 amide bonds. The summed E-state index contributed by atoms with van der Waals surface area (Å²) in [6.07, 6.45) is -12.2. The van der Waals surface area contributed by atoms with Crippen LogP contribution in [0.2, 0.25) is 0 Å². The molecule has 0 bridgehead atoms. The molecule has 0 heterocycles. The van der Waals surface area contributed by atoms with Gasteiger partial charge in [-0.05, 0) is 0 Å². The Bertz CT molecular complexity index is 418. The first-order valence-electron chi connectivity index (χ1n) is 4.91. The Kier molecular flexibility index (Phi) is 4.33. The van der Waals surface area contributed by atoms with E-state index in [1.54, 1.807) is 0 Å². The third-order valence-electron chi connectivity index (χ3n) is 3.27. The van der Waals surface area contributed by atoms with Gasteiger partial charge in [0.15, 0.2) is 0 Å². The van der Waals surface area contributed by atoms with E-state index in [2.05, 4.69) is 0 Å². The Morgan fingerprint density at radius 2 is 0.750 bits per heavy atom. The molecule has 0 aromatic carbocycles. The quantitative estimate of drug-likeness (QED) is 0.213. The van der Waals surface area contributed by atoms with Crippen LogP contribution in [0, 0.1) is 0 Å². The van der Waals surface area contributed by atoms with Crippen LogP contribution in [-0.2, 0) is 9.13 Å². The number of aliphatic hydroxyl groups excluding tert-OH is 4. The average molecular weight is 340 g/mol. The molecule has 12 nitrogen and oxygen atoms in total. The molecule has 6 atom stereocenters. The lowest BCUT2D eigenvalue weighted by molar-refractivity contribution is -0.261. The molecule has 1 fully saturated rings. The van der Waals surface area contributed by atoms with E-state index in [1.165, 1.54) is 0 Å². The molecule has 0 aromatic rings. The maximum Gasteiger partial charge on any atom is 0.362 e. The maximum absolute atomic E-state index is 11.1. The summed E-state index contributed by atoms with van der Waals surface area (Å²) in [5.74, 6) is 0. The highest BCUT2D eigenvalue weighted by atomic mass is 31.2. The molecule has 1 aliphatic rings. The highest BCUT2D eigenvalue weighted by Gasteiger charge is 2.75. The van der Waals surface area contributed by atoms with Gasteiger partial charge in [-0.25, -0.2) is 0 Å². The van der Waals surface area contributed by atoms with Gasteiger partial charge in [-0.1, -0.05) is 0 Å². The van der Waals surface area contributed by atoms with Crippen molar-refractivity contribution in [3.8, 4) is 0 Å². The van der Waals surface area contributed by atoms with Crippen molar-refractivity contribution in [3.05, 3.63) is 0 Å². The molecule has 1 rings (SSSR count). The number of hydrogen-bond acceptors (Lipinski definition) is 8. The first-order chi connectivity index (χ1) is 8.63. The van der Waals surface area contributed by atoms with E-state index in [0.717, 1.165) is 0 Å². The minimum atomic E-state index is -5.78. The summed E-state index contributed by atoms with van der Waals surface area (Å²) in [6.45, 7) is 0. The Labute approximate surface area is 110 Å². The van der Waals surface area contributed by atoms with Crippen LogP contribution in [0.1, 0.15) is 0 Å². The van der Waals surface area contributed by atoms with E-state index in [1.807, 2.05) is 0 Å². The van der Waals surface area contributed by atoms with Gasteiger partial charge in [-0.15, -0.1) is 0 Å². The van der Waals surface area contributed by atoms with Crippen molar-refractivity contribution in [2.75, 3.05) is 0 Å². The van der Waals surface area contributed by atoms with Gasteiger partial charge in [0, 0.05) is 0 Å². The Morgan fingerprint density at radius 1 is 0.600 bits per heavy atom. The van der Waals surface area contributed by atoms with Gasteiger partial charge in [-0.3, -0.25) is 9.13 Å². The summed E-state index contributed by atoms with van der Waals surface area (Å²) in [5, 5.41) is 49.4. The molecule has 1 aliphatic carbocycles. The first-order valence-corrected chi connectivity index (χ1v) is 8.14. The molecule has 0 saturated heterocycles. The predicted octanol–water partition coefficient (Wildman–Crippen LogP) is -4.82.